The summed E-state index contributed by atoms with van der Waals surface area (Å²) in [6, 6.07) is 11.8. The fourth-order valence-electron chi connectivity index (χ4n) is 3.62. The monoisotopic (exact) mass is 433 g/mol. The lowest BCUT2D eigenvalue weighted by molar-refractivity contribution is -0.116. The lowest BCUT2D eigenvalue weighted by Gasteiger charge is -2.08. The van der Waals surface area contributed by atoms with Gasteiger partial charge in [-0.1, -0.05) is 12.1 Å². The molecule has 0 fully saturated rings. The summed E-state index contributed by atoms with van der Waals surface area (Å²) >= 11 is 0. The molecular formula is C23H27N7O2. The van der Waals surface area contributed by atoms with Crippen LogP contribution < -0.4 is 5.32 Å². The van der Waals surface area contributed by atoms with Gasteiger partial charge in [0.05, 0.1) is 17.9 Å². The third-order valence-corrected chi connectivity index (χ3v) is 5.10. The Balaban J connectivity index is 1.34. The van der Waals surface area contributed by atoms with E-state index in [0.29, 0.717) is 31.3 Å². The Morgan fingerprint density at radius 3 is 2.56 bits per heavy atom. The van der Waals surface area contributed by atoms with E-state index < -0.39 is 0 Å². The summed E-state index contributed by atoms with van der Waals surface area (Å²) in [7, 11) is 0. The molecule has 9 heteroatoms. The van der Waals surface area contributed by atoms with E-state index in [1.54, 1.807) is 0 Å². The van der Waals surface area contributed by atoms with Gasteiger partial charge in [-0.15, -0.1) is 10.2 Å². The number of nitrogens with one attached hydrogen (secondary N) is 1. The summed E-state index contributed by atoms with van der Waals surface area (Å²) in [4.78, 5) is 12.5. The van der Waals surface area contributed by atoms with Gasteiger partial charge in [-0.3, -0.25) is 14.2 Å². The second-order valence-electron chi connectivity index (χ2n) is 7.82. The average molecular weight is 434 g/mol. The van der Waals surface area contributed by atoms with Gasteiger partial charge in [0.2, 0.25) is 11.8 Å². The molecule has 1 amide bonds. The number of nitrogens with zero attached hydrogens (tertiary/aromatic N) is 6. The van der Waals surface area contributed by atoms with Gasteiger partial charge in [0.15, 0.2) is 0 Å². The molecule has 9 nitrogen and oxygen atoms in total. The number of amides is 1. The van der Waals surface area contributed by atoms with Crippen molar-refractivity contribution in [3.05, 3.63) is 64.9 Å². The van der Waals surface area contributed by atoms with Gasteiger partial charge in [0, 0.05) is 30.8 Å². The topological polar surface area (TPSA) is 104 Å². The van der Waals surface area contributed by atoms with Crippen LogP contribution in [0.4, 0.5) is 5.69 Å². The van der Waals surface area contributed by atoms with Gasteiger partial charge >= 0.3 is 0 Å². The summed E-state index contributed by atoms with van der Waals surface area (Å²) in [6.45, 7) is 9.30. The van der Waals surface area contributed by atoms with Crippen LogP contribution in [-0.4, -0.2) is 35.7 Å². The van der Waals surface area contributed by atoms with E-state index in [9.17, 15) is 4.79 Å². The van der Waals surface area contributed by atoms with Gasteiger partial charge in [0.1, 0.15) is 5.69 Å². The molecule has 3 heterocycles. The van der Waals surface area contributed by atoms with E-state index in [2.05, 4.69) is 25.7 Å². The maximum atomic E-state index is 12.5. The van der Waals surface area contributed by atoms with Crippen LogP contribution in [0.3, 0.4) is 0 Å². The van der Waals surface area contributed by atoms with Crippen LogP contribution >= 0.6 is 0 Å². The number of hydrogen-bond acceptors (Lipinski definition) is 6. The van der Waals surface area contributed by atoms with Crippen molar-refractivity contribution in [2.24, 2.45) is 0 Å². The third kappa shape index (κ3) is 4.93. The summed E-state index contributed by atoms with van der Waals surface area (Å²) in [5.41, 5.74) is 5.59. The number of anilines is 1. The van der Waals surface area contributed by atoms with Crippen molar-refractivity contribution in [2.45, 2.75) is 53.6 Å². The number of carbonyl (C=O) groups is 1. The molecule has 32 heavy (non-hydrogen) atoms. The molecule has 0 spiro atoms. The lowest BCUT2D eigenvalue weighted by Crippen LogP contribution is -2.13. The van der Waals surface area contributed by atoms with Crippen molar-refractivity contribution in [3.8, 4) is 11.6 Å². The Morgan fingerprint density at radius 1 is 1.03 bits per heavy atom. The highest BCUT2D eigenvalue weighted by atomic mass is 16.4. The van der Waals surface area contributed by atoms with Crippen LogP contribution in [0, 0.1) is 20.8 Å². The Kier molecular flexibility index (Phi) is 6.16. The normalized spacial score (nSPS) is 11.1. The first-order chi connectivity index (χ1) is 15.4. The van der Waals surface area contributed by atoms with Crippen LogP contribution in [0.15, 0.2) is 40.8 Å². The SMILES string of the molecule is CCn1nc(C)cc1-c1nnc(CCC(=O)Nc2cccc(Cn3nc(C)cc3C)c2)o1. The van der Waals surface area contributed by atoms with Crippen molar-refractivity contribution >= 4 is 11.6 Å². The number of aryl methyl sites for hydroxylation is 5. The molecule has 0 aliphatic heterocycles. The molecule has 166 valence electrons. The van der Waals surface area contributed by atoms with Crippen molar-refractivity contribution in [3.63, 3.8) is 0 Å². The maximum Gasteiger partial charge on any atom is 0.265 e. The molecule has 4 aromatic rings. The number of benzene rings is 1. The molecule has 0 aliphatic carbocycles. The zero-order valence-electron chi connectivity index (χ0n) is 18.8. The van der Waals surface area contributed by atoms with E-state index in [0.717, 1.165) is 34.0 Å². The predicted molar refractivity (Wildman–Crippen MR) is 120 cm³/mol. The van der Waals surface area contributed by atoms with Gasteiger partial charge < -0.3 is 9.73 Å². The minimum atomic E-state index is -0.109. The highest BCUT2D eigenvalue weighted by Crippen LogP contribution is 2.20. The summed E-state index contributed by atoms with van der Waals surface area (Å²) < 4.78 is 9.52. The van der Waals surface area contributed by atoms with Crippen LogP contribution in [0.2, 0.25) is 0 Å². The van der Waals surface area contributed by atoms with E-state index in [1.807, 2.05) is 73.5 Å². The largest absolute Gasteiger partial charge is 0.419 e. The summed E-state index contributed by atoms with van der Waals surface area (Å²) in [5, 5.41) is 20.0. The molecule has 1 aromatic carbocycles. The first-order valence-corrected chi connectivity index (χ1v) is 10.7. The number of carbonyl (C=O) groups excluding carboxylic acids is 1. The Morgan fingerprint density at radius 2 is 1.81 bits per heavy atom. The molecule has 0 atom stereocenters. The molecule has 0 bridgehead atoms. The standard InChI is InChI=1S/C23H27N7O2/c1-5-29-20(12-16(3)27-29)23-26-25-22(32-23)10-9-21(31)24-19-8-6-7-18(13-19)14-30-17(4)11-15(2)28-30/h6-8,11-13H,5,9-10,14H2,1-4H3,(H,24,31). The van der Waals surface area contributed by atoms with E-state index in [-0.39, 0.29) is 12.3 Å². The van der Waals surface area contributed by atoms with Crippen LogP contribution in [-0.2, 0) is 24.3 Å². The van der Waals surface area contributed by atoms with E-state index in [4.69, 9.17) is 4.42 Å². The van der Waals surface area contributed by atoms with Crippen molar-refractivity contribution in [2.75, 3.05) is 5.32 Å². The van der Waals surface area contributed by atoms with Gasteiger partial charge in [-0.2, -0.15) is 10.2 Å². The highest BCUT2D eigenvalue weighted by molar-refractivity contribution is 5.90. The number of aromatic nitrogens is 6. The fourth-order valence-corrected chi connectivity index (χ4v) is 3.62. The zero-order valence-corrected chi connectivity index (χ0v) is 18.8. The Labute approximate surface area is 186 Å². The van der Waals surface area contributed by atoms with Crippen LogP contribution in [0.25, 0.3) is 11.6 Å². The van der Waals surface area contributed by atoms with E-state index in [1.165, 1.54) is 0 Å². The third-order valence-electron chi connectivity index (χ3n) is 5.10. The molecule has 0 saturated carbocycles. The molecule has 3 aromatic heterocycles. The minimum Gasteiger partial charge on any atom is -0.419 e. The van der Waals surface area contributed by atoms with Gasteiger partial charge in [-0.05, 0) is 57.5 Å². The number of rotatable bonds is 8. The molecule has 0 radical (unpaired) electrons. The highest BCUT2D eigenvalue weighted by Gasteiger charge is 2.15. The molecule has 4 rings (SSSR count). The minimum absolute atomic E-state index is 0.109. The number of hydrogen-bond donors (Lipinski definition) is 1. The second kappa shape index (κ2) is 9.17. The van der Waals surface area contributed by atoms with Crippen LogP contribution in [0.5, 0.6) is 0 Å². The molecular weight excluding hydrogens is 406 g/mol. The van der Waals surface area contributed by atoms with Gasteiger partial charge in [-0.25, -0.2) is 0 Å². The van der Waals surface area contributed by atoms with Gasteiger partial charge in [0.25, 0.3) is 5.89 Å². The smallest absolute Gasteiger partial charge is 0.265 e. The summed E-state index contributed by atoms with van der Waals surface area (Å²) in [6.07, 6.45) is 0.610. The predicted octanol–water partition coefficient (Wildman–Crippen LogP) is 3.69. The van der Waals surface area contributed by atoms with Crippen LogP contribution in [0.1, 0.15) is 41.9 Å². The average Bonchev–Trinajstić information content (AvgIpc) is 3.45. The zero-order chi connectivity index (χ0) is 22.7. The fraction of sp³-hybridized carbons (Fsp3) is 0.348. The van der Waals surface area contributed by atoms with Crippen molar-refractivity contribution < 1.29 is 9.21 Å². The van der Waals surface area contributed by atoms with E-state index >= 15 is 0 Å². The second-order valence-corrected chi connectivity index (χ2v) is 7.82. The maximum absolute atomic E-state index is 12.5. The van der Waals surface area contributed by atoms with Crippen molar-refractivity contribution in [1.82, 2.24) is 29.8 Å². The first kappa shape index (κ1) is 21.5. The quantitative estimate of drug-likeness (QED) is 0.454. The molecule has 0 saturated heterocycles. The molecule has 1 N–H and O–H groups in total. The molecule has 0 aliphatic rings. The van der Waals surface area contributed by atoms with Crippen molar-refractivity contribution in [1.29, 1.82) is 0 Å². The Bertz CT molecular complexity index is 1230. The Hall–Kier alpha value is -3.75. The lowest BCUT2D eigenvalue weighted by atomic mass is 10.2. The molecule has 0 unspecified atom stereocenters. The summed E-state index contributed by atoms with van der Waals surface area (Å²) in [5.74, 6) is 0.733. The first-order valence-electron chi connectivity index (χ1n) is 10.7.